The average molecular weight is 360 g/mol. The van der Waals surface area contributed by atoms with E-state index < -0.39 is 4.92 Å². The number of nitro benzene ring substituents is 1. The minimum atomic E-state index is -0.486. The van der Waals surface area contributed by atoms with E-state index in [1.807, 2.05) is 25.1 Å². The summed E-state index contributed by atoms with van der Waals surface area (Å²) in [5.74, 6) is 0.526. The van der Waals surface area contributed by atoms with Gasteiger partial charge in [-0.15, -0.1) is 0 Å². The van der Waals surface area contributed by atoms with Gasteiger partial charge in [0.25, 0.3) is 0 Å². The maximum atomic E-state index is 11.2. The molecule has 1 heterocycles. The number of aryl methyl sites for hydroxylation is 1. The van der Waals surface area contributed by atoms with Gasteiger partial charge in [-0.2, -0.15) is 0 Å². The standard InChI is InChI=1S/C21H16N2O4/c1-13-3-5-14(6-4-13)15-7-9-19-17(11-15)22-21(27-19)16-8-10-20(26-2)18(12-16)23(24)25/h3-12H,1-2H3. The maximum Gasteiger partial charge on any atom is 0.311 e. The van der Waals surface area contributed by atoms with Gasteiger partial charge in [0.05, 0.1) is 12.0 Å². The van der Waals surface area contributed by atoms with Crippen LogP contribution in [0.3, 0.4) is 0 Å². The number of aromatic nitrogens is 1. The molecule has 6 heteroatoms. The fourth-order valence-electron chi connectivity index (χ4n) is 2.94. The molecule has 27 heavy (non-hydrogen) atoms. The molecule has 0 aliphatic rings. The van der Waals surface area contributed by atoms with Crippen molar-refractivity contribution in [3.8, 4) is 28.3 Å². The summed E-state index contributed by atoms with van der Waals surface area (Å²) in [7, 11) is 1.40. The predicted octanol–water partition coefficient (Wildman–Crippen LogP) is 5.39. The molecule has 4 aromatic rings. The molecule has 0 fully saturated rings. The molecule has 0 aliphatic carbocycles. The van der Waals surface area contributed by atoms with Gasteiger partial charge in [0.2, 0.25) is 5.89 Å². The Labute approximate surface area is 155 Å². The van der Waals surface area contributed by atoms with E-state index in [1.54, 1.807) is 12.1 Å². The third-order valence-electron chi connectivity index (χ3n) is 4.39. The molecule has 0 saturated heterocycles. The predicted molar refractivity (Wildman–Crippen MR) is 103 cm³/mol. The van der Waals surface area contributed by atoms with E-state index in [2.05, 4.69) is 29.2 Å². The lowest BCUT2D eigenvalue weighted by atomic mass is 10.0. The summed E-state index contributed by atoms with van der Waals surface area (Å²) < 4.78 is 10.8. The molecule has 0 unspecified atom stereocenters. The average Bonchev–Trinajstić information content (AvgIpc) is 3.11. The Morgan fingerprint density at radius 1 is 0.963 bits per heavy atom. The number of hydrogen-bond acceptors (Lipinski definition) is 5. The highest BCUT2D eigenvalue weighted by molar-refractivity contribution is 5.82. The van der Waals surface area contributed by atoms with Crippen molar-refractivity contribution in [3.63, 3.8) is 0 Å². The van der Waals surface area contributed by atoms with E-state index in [0.29, 0.717) is 22.6 Å². The van der Waals surface area contributed by atoms with Crippen LogP contribution in [0.5, 0.6) is 5.75 Å². The van der Waals surface area contributed by atoms with Crippen LogP contribution in [0, 0.1) is 17.0 Å². The van der Waals surface area contributed by atoms with Crippen LogP contribution in [0.25, 0.3) is 33.7 Å². The molecule has 0 atom stereocenters. The first kappa shape index (κ1) is 16.8. The summed E-state index contributed by atoms with van der Waals surface area (Å²) in [5, 5.41) is 11.2. The van der Waals surface area contributed by atoms with Crippen LogP contribution in [0.2, 0.25) is 0 Å². The highest BCUT2D eigenvalue weighted by Gasteiger charge is 2.18. The van der Waals surface area contributed by atoms with Gasteiger partial charge in [-0.3, -0.25) is 10.1 Å². The van der Waals surface area contributed by atoms with Gasteiger partial charge >= 0.3 is 5.69 Å². The number of fused-ring (bicyclic) bond motifs is 1. The molecule has 4 rings (SSSR count). The van der Waals surface area contributed by atoms with Crippen molar-refractivity contribution in [3.05, 3.63) is 76.3 Å². The molecule has 0 N–H and O–H groups in total. The molecule has 3 aromatic carbocycles. The number of methoxy groups -OCH3 is 1. The molecule has 0 radical (unpaired) electrons. The highest BCUT2D eigenvalue weighted by Crippen LogP contribution is 2.34. The normalized spacial score (nSPS) is 10.9. The largest absolute Gasteiger partial charge is 0.490 e. The fraction of sp³-hybridized carbons (Fsp3) is 0.0952. The lowest BCUT2D eigenvalue weighted by molar-refractivity contribution is -0.385. The smallest absolute Gasteiger partial charge is 0.311 e. The van der Waals surface area contributed by atoms with E-state index in [4.69, 9.17) is 9.15 Å². The molecule has 0 bridgehead atoms. The summed E-state index contributed by atoms with van der Waals surface area (Å²) in [4.78, 5) is 15.3. The first-order valence-electron chi connectivity index (χ1n) is 8.35. The van der Waals surface area contributed by atoms with E-state index in [-0.39, 0.29) is 11.4 Å². The molecule has 6 nitrogen and oxygen atoms in total. The van der Waals surface area contributed by atoms with Crippen molar-refractivity contribution < 1.29 is 14.1 Å². The minimum absolute atomic E-state index is 0.127. The second-order valence-corrected chi connectivity index (χ2v) is 6.21. The Hall–Kier alpha value is -3.67. The van der Waals surface area contributed by atoms with Crippen LogP contribution < -0.4 is 4.74 Å². The molecular weight excluding hydrogens is 344 g/mol. The Kier molecular flexibility index (Phi) is 4.08. The van der Waals surface area contributed by atoms with Crippen LogP contribution in [-0.2, 0) is 0 Å². The summed E-state index contributed by atoms with van der Waals surface area (Å²) in [6.45, 7) is 2.05. The zero-order valence-corrected chi connectivity index (χ0v) is 14.8. The number of nitrogens with zero attached hydrogens (tertiary/aromatic N) is 2. The van der Waals surface area contributed by atoms with Gasteiger partial charge < -0.3 is 9.15 Å². The van der Waals surface area contributed by atoms with E-state index >= 15 is 0 Å². The molecule has 0 saturated carbocycles. The zero-order valence-electron chi connectivity index (χ0n) is 14.8. The van der Waals surface area contributed by atoms with Gasteiger partial charge in [0, 0.05) is 11.6 Å². The maximum absolute atomic E-state index is 11.2. The number of oxazole rings is 1. The van der Waals surface area contributed by atoms with Crippen LogP contribution in [0.15, 0.2) is 65.1 Å². The van der Waals surface area contributed by atoms with Crippen LogP contribution in [-0.4, -0.2) is 17.0 Å². The third-order valence-corrected chi connectivity index (χ3v) is 4.39. The summed E-state index contributed by atoms with van der Waals surface area (Å²) in [5.41, 5.74) is 5.04. The van der Waals surface area contributed by atoms with Crippen molar-refractivity contribution in [2.24, 2.45) is 0 Å². The number of hydrogen-bond donors (Lipinski definition) is 0. The number of nitro groups is 1. The minimum Gasteiger partial charge on any atom is -0.490 e. The molecule has 1 aromatic heterocycles. The van der Waals surface area contributed by atoms with Gasteiger partial charge in [0.15, 0.2) is 11.3 Å². The van der Waals surface area contributed by atoms with Gasteiger partial charge in [-0.1, -0.05) is 35.9 Å². The van der Waals surface area contributed by atoms with Crippen LogP contribution >= 0.6 is 0 Å². The number of benzene rings is 3. The van der Waals surface area contributed by atoms with Crippen molar-refractivity contribution in [2.75, 3.05) is 7.11 Å². The summed E-state index contributed by atoms with van der Waals surface area (Å²) >= 11 is 0. The first-order chi connectivity index (χ1) is 13.0. The zero-order chi connectivity index (χ0) is 19.0. The SMILES string of the molecule is COc1ccc(-c2nc3cc(-c4ccc(C)cc4)ccc3o2)cc1[N+](=O)[O-]. The Balaban J connectivity index is 1.77. The van der Waals surface area contributed by atoms with Crippen molar-refractivity contribution in [1.82, 2.24) is 4.98 Å². The van der Waals surface area contributed by atoms with E-state index in [1.165, 1.54) is 18.7 Å². The van der Waals surface area contributed by atoms with Crippen molar-refractivity contribution in [2.45, 2.75) is 6.92 Å². The Morgan fingerprint density at radius 3 is 2.37 bits per heavy atom. The Morgan fingerprint density at radius 2 is 1.67 bits per heavy atom. The van der Waals surface area contributed by atoms with Gasteiger partial charge in [-0.25, -0.2) is 4.98 Å². The molecule has 0 amide bonds. The second-order valence-electron chi connectivity index (χ2n) is 6.21. The lowest BCUT2D eigenvalue weighted by Crippen LogP contribution is -1.94. The van der Waals surface area contributed by atoms with Gasteiger partial charge in [-0.05, 0) is 42.3 Å². The first-order valence-corrected chi connectivity index (χ1v) is 8.35. The third kappa shape index (κ3) is 3.13. The Bertz CT molecular complexity index is 1150. The summed E-state index contributed by atoms with van der Waals surface area (Å²) in [6, 6.07) is 18.7. The van der Waals surface area contributed by atoms with E-state index in [0.717, 1.165) is 11.1 Å². The highest BCUT2D eigenvalue weighted by atomic mass is 16.6. The van der Waals surface area contributed by atoms with Crippen LogP contribution in [0.4, 0.5) is 5.69 Å². The number of rotatable bonds is 4. The quantitative estimate of drug-likeness (QED) is 0.360. The topological polar surface area (TPSA) is 78.4 Å². The van der Waals surface area contributed by atoms with Gasteiger partial charge in [0.1, 0.15) is 5.52 Å². The van der Waals surface area contributed by atoms with Crippen molar-refractivity contribution in [1.29, 1.82) is 0 Å². The molecule has 0 spiro atoms. The summed E-state index contributed by atoms with van der Waals surface area (Å²) in [6.07, 6.45) is 0. The second kappa shape index (κ2) is 6.57. The monoisotopic (exact) mass is 360 g/mol. The van der Waals surface area contributed by atoms with Crippen LogP contribution in [0.1, 0.15) is 5.56 Å². The number of ether oxygens (including phenoxy) is 1. The van der Waals surface area contributed by atoms with E-state index in [9.17, 15) is 10.1 Å². The lowest BCUT2D eigenvalue weighted by Gasteiger charge is -2.02. The van der Waals surface area contributed by atoms with Crippen molar-refractivity contribution >= 4 is 16.8 Å². The molecule has 0 aliphatic heterocycles. The molecule has 134 valence electrons. The molecular formula is C21H16N2O4. The fourth-order valence-corrected chi connectivity index (χ4v) is 2.94.